The van der Waals surface area contributed by atoms with Crippen LogP contribution in [0.3, 0.4) is 0 Å². The molecule has 32 heavy (non-hydrogen) atoms. The van der Waals surface area contributed by atoms with Crippen molar-refractivity contribution in [2.45, 2.75) is 44.0 Å². The number of rotatable bonds is 6. The Balaban J connectivity index is 1.59. The second-order valence-electron chi connectivity index (χ2n) is 8.23. The van der Waals surface area contributed by atoms with Gasteiger partial charge in [-0.15, -0.1) is 0 Å². The van der Waals surface area contributed by atoms with Gasteiger partial charge in [-0.1, -0.05) is 36.8 Å². The summed E-state index contributed by atoms with van der Waals surface area (Å²) in [4.78, 5) is 16.5. The maximum absolute atomic E-state index is 13.0. The summed E-state index contributed by atoms with van der Waals surface area (Å²) in [6.07, 6.45) is 1.30. The first kappa shape index (κ1) is 22.2. The molecular weight excluding hydrogens is 428 g/mol. The van der Waals surface area contributed by atoms with E-state index in [1.807, 2.05) is 37.3 Å². The Bertz CT molecular complexity index is 1240. The largest absolute Gasteiger partial charge is 0.489 e. The molecule has 1 amide bonds. The molecule has 0 aliphatic carbocycles. The number of carbonyl (C=O) groups excluding carboxylic acids is 1. The standard InChI is InChI=1S/C24H26N2O5S/c1-17-14-18(21-6-2-3-7-22(21)25-17)16-31-20-10-8-19(9-11-20)24(15-23(27)26-28)12-4-5-13-32(24,29)30/h2-3,6-11,14,28H,4-5,12-13,15-16H2,1H3,(H,26,27). The quantitative estimate of drug-likeness (QED) is 0.433. The van der Waals surface area contributed by atoms with E-state index < -0.39 is 20.5 Å². The topological polar surface area (TPSA) is 106 Å². The summed E-state index contributed by atoms with van der Waals surface area (Å²) < 4.78 is 30.7. The van der Waals surface area contributed by atoms with Gasteiger partial charge in [0.1, 0.15) is 17.1 Å². The smallest absolute Gasteiger partial charge is 0.245 e. The third kappa shape index (κ3) is 4.20. The molecule has 3 aromatic rings. The summed E-state index contributed by atoms with van der Waals surface area (Å²) in [6, 6.07) is 16.8. The number of para-hydroxylation sites is 1. The van der Waals surface area contributed by atoms with Crippen LogP contribution in [0.4, 0.5) is 0 Å². The number of carbonyl (C=O) groups is 1. The number of ether oxygens (including phenoxy) is 1. The summed E-state index contributed by atoms with van der Waals surface area (Å²) in [5.41, 5.74) is 4.95. The molecule has 8 heteroatoms. The Morgan fingerprint density at radius 3 is 2.62 bits per heavy atom. The van der Waals surface area contributed by atoms with Crippen molar-refractivity contribution in [2.24, 2.45) is 0 Å². The molecule has 1 fully saturated rings. The van der Waals surface area contributed by atoms with E-state index in [4.69, 9.17) is 9.94 Å². The number of nitrogens with one attached hydrogen (secondary N) is 1. The highest BCUT2D eigenvalue weighted by Gasteiger charge is 2.48. The molecule has 0 saturated carbocycles. The Labute approximate surface area is 187 Å². The maximum Gasteiger partial charge on any atom is 0.245 e. The first-order chi connectivity index (χ1) is 15.3. The van der Waals surface area contributed by atoms with Gasteiger partial charge >= 0.3 is 0 Å². The molecule has 1 aliphatic heterocycles. The van der Waals surface area contributed by atoms with E-state index in [1.54, 1.807) is 29.7 Å². The third-order valence-electron chi connectivity index (χ3n) is 6.11. The van der Waals surface area contributed by atoms with Crippen LogP contribution in [0.15, 0.2) is 54.6 Å². The number of amides is 1. The van der Waals surface area contributed by atoms with Crippen LogP contribution >= 0.6 is 0 Å². The second-order valence-corrected chi connectivity index (χ2v) is 10.7. The van der Waals surface area contributed by atoms with Crippen molar-refractivity contribution in [2.75, 3.05) is 5.75 Å². The zero-order valence-electron chi connectivity index (χ0n) is 17.9. The number of hydroxylamine groups is 1. The van der Waals surface area contributed by atoms with Gasteiger partial charge in [0.2, 0.25) is 5.91 Å². The lowest BCUT2D eigenvalue weighted by molar-refractivity contribution is -0.130. The number of aromatic nitrogens is 1. The van der Waals surface area contributed by atoms with Crippen molar-refractivity contribution in [3.63, 3.8) is 0 Å². The predicted molar refractivity (Wildman–Crippen MR) is 121 cm³/mol. The molecule has 2 N–H and O–H groups in total. The van der Waals surface area contributed by atoms with E-state index in [0.717, 1.165) is 22.2 Å². The van der Waals surface area contributed by atoms with E-state index in [-0.39, 0.29) is 12.2 Å². The van der Waals surface area contributed by atoms with Crippen LogP contribution in [0.2, 0.25) is 0 Å². The van der Waals surface area contributed by atoms with Gasteiger partial charge in [-0.2, -0.15) is 0 Å². The van der Waals surface area contributed by atoms with Gasteiger partial charge in [0, 0.05) is 16.6 Å². The molecule has 2 aromatic carbocycles. The van der Waals surface area contributed by atoms with Crippen LogP contribution in [0.5, 0.6) is 5.75 Å². The number of benzene rings is 2. The first-order valence-electron chi connectivity index (χ1n) is 10.6. The van der Waals surface area contributed by atoms with Crippen molar-refractivity contribution in [1.82, 2.24) is 10.5 Å². The van der Waals surface area contributed by atoms with Gasteiger partial charge in [0.15, 0.2) is 9.84 Å². The normalized spacial score (nSPS) is 20.1. The van der Waals surface area contributed by atoms with Crippen LogP contribution in [0.25, 0.3) is 10.9 Å². The highest BCUT2D eigenvalue weighted by atomic mass is 32.2. The van der Waals surface area contributed by atoms with Gasteiger partial charge < -0.3 is 4.74 Å². The van der Waals surface area contributed by atoms with Crippen LogP contribution in [-0.2, 0) is 26.0 Å². The number of aryl methyl sites for hydroxylation is 1. The Morgan fingerprint density at radius 2 is 1.91 bits per heavy atom. The van der Waals surface area contributed by atoms with Gasteiger partial charge in [-0.25, -0.2) is 13.9 Å². The van der Waals surface area contributed by atoms with E-state index in [1.165, 1.54) is 0 Å². The highest BCUT2D eigenvalue weighted by Crippen LogP contribution is 2.43. The molecule has 0 bridgehead atoms. The van der Waals surface area contributed by atoms with Crippen LogP contribution in [0, 0.1) is 6.92 Å². The molecule has 0 radical (unpaired) electrons. The summed E-state index contributed by atoms with van der Waals surface area (Å²) in [7, 11) is -3.56. The van der Waals surface area contributed by atoms with Crippen molar-refractivity contribution in [1.29, 1.82) is 0 Å². The summed E-state index contributed by atoms with van der Waals surface area (Å²) in [5.74, 6) is -0.0867. The lowest BCUT2D eigenvalue weighted by Gasteiger charge is -2.36. The fourth-order valence-electron chi connectivity index (χ4n) is 4.51. The summed E-state index contributed by atoms with van der Waals surface area (Å²) in [5, 5.41) is 10.0. The summed E-state index contributed by atoms with van der Waals surface area (Å²) >= 11 is 0. The first-order valence-corrected chi connectivity index (χ1v) is 12.2. The minimum atomic E-state index is -3.56. The molecular formula is C24H26N2O5S. The van der Waals surface area contributed by atoms with Crippen molar-refractivity contribution >= 4 is 26.6 Å². The van der Waals surface area contributed by atoms with E-state index in [0.29, 0.717) is 37.2 Å². The molecule has 1 saturated heterocycles. The molecule has 168 valence electrons. The van der Waals surface area contributed by atoms with Gasteiger partial charge in [-0.3, -0.25) is 15.0 Å². The fourth-order valence-corrected chi connectivity index (χ4v) is 6.78. The fraction of sp³-hybridized carbons (Fsp3) is 0.333. The SMILES string of the molecule is Cc1cc(COc2ccc(C3(CC(=O)NO)CCCCS3(=O)=O)cc2)c2ccccc2n1. The second kappa shape index (κ2) is 8.88. The highest BCUT2D eigenvalue weighted by molar-refractivity contribution is 7.92. The minimum absolute atomic E-state index is 0.0262. The summed E-state index contributed by atoms with van der Waals surface area (Å²) in [6.45, 7) is 2.29. The number of fused-ring (bicyclic) bond motifs is 1. The minimum Gasteiger partial charge on any atom is -0.489 e. The monoisotopic (exact) mass is 454 g/mol. The number of nitrogens with zero attached hydrogens (tertiary/aromatic N) is 1. The van der Waals surface area contributed by atoms with Gasteiger partial charge in [0.05, 0.1) is 17.7 Å². The van der Waals surface area contributed by atoms with Crippen molar-refractivity contribution in [3.05, 3.63) is 71.4 Å². The average Bonchev–Trinajstić information content (AvgIpc) is 2.79. The molecule has 7 nitrogen and oxygen atoms in total. The average molecular weight is 455 g/mol. The van der Waals surface area contributed by atoms with Crippen LogP contribution in [0.1, 0.15) is 42.5 Å². The van der Waals surface area contributed by atoms with E-state index >= 15 is 0 Å². The lowest BCUT2D eigenvalue weighted by atomic mass is 9.88. The molecule has 4 rings (SSSR count). The van der Waals surface area contributed by atoms with E-state index in [2.05, 4.69) is 4.98 Å². The van der Waals surface area contributed by atoms with Crippen LogP contribution in [-0.4, -0.2) is 30.3 Å². The number of sulfone groups is 1. The zero-order chi connectivity index (χ0) is 22.8. The predicted octanol–water partition coefficient (Wildman–Crippen LogP) is 3.81. The lowest BCUT2D eigenvalue weighted by Crippen LogP contribution is -2.44. The molecule has 2 heterocycles. The van der Waals surface area contributed by atoms with Crippen molar-refractivity contribution in [3.8, 4) is 5.75 Å². The Hall–Kier alpha value is -2.97. The maximum atomic E-state index is 13.0. The van der Waals surface area contributed by atoms with Gasteiger partial charge in [0.25, 0.3) is 0 Å². The number of hydrogen-bond donors (Lipinski definition) is 2. The molecule has 0 spiro atoms. The third-order valence-corrected chi connectivity index (χ3v) is 8.72. The Kier molecular flexibility index (Phi) is 6.17. The van der Waals surface area contributed by atoms with Gasteiger partial charge in [-0.05, 0) is 49.6 Å². The molecule has 1 aromatic heterocycles. The molecule has 1 aliphatic rings. The van der Waals surface area contributed by atoms with Crippen molar-refractivity contribution < 1.29 is 23.2 Å². The van der Waals surface area contributed by atoms with Crippen LogP contribution < -0.4 is 10.2 Å². The molecule has 1 unspecified atom stereocenters. The number of pyridine rings is 1. The van der Waals surface area contributed by atoms with E-state index in [9.17, 15) is 13.2 Å². The zero-order valence-corrected chi connectivity index (χ0v) is 18.7. The molecule has 1 atom stereocenters. The number of hydrogen-bond acceptors (Lipinski definition) is 6. The Morgan fingerprint density at radius 1 is 1.16 bits per heavy atom.